The van der Waals surface area contributed by atoms with Crippen molar-refractivity contribution >= 4 is 17.3 Å². The maximum absolute atomic E-state index is 13.8. The molecule has 1 saturated heterocycles. The first kappa shape index (κ1) is 25.8. The number of non-ortho nitro benzene ring substituents is 1. The molecule has 1 amide bonds. The highest BCUT2D eigenvalue weighted by Crippen LogP contribution is 2.34. The van der Waals surface area contributed by atoms with Gasteiger partial charge in [-0.3, -0.25) is 14.9 Å². The standard InChI is InChI=1S/C29H29N5O5/c1-20-4-6-22(7-5-20)33-27(19-26(30-33)25-13-12-24(38-2)18-28(25)39-3)29(35)32-16-14-31(15-17-32)21-8-10-23(11-9-21)34(36)37/h4-13,18-19H,14-17H2,1-3H3. The van der Waals surface area contributed by atoms with Crippen molar-refractivity contribution in [1.29, 1.82) is 0 Å². The molecule has 10 nitrogen and oxygen atoms in total. The van der Waals surface area contributed by atoms with E-state index in [0.717, 1.165) is 22.5 Å². The smallest absolute Gasteiger partial charge is 0.272 e. The highest BCUT2D eigenvalue weighted by Gasteiger charge is 2.27. The van der Waals surface area contributed by atoms with E-state index in [9.17, 15) is 14.9 Å². The topological polar surface area (TPSA) is 103 Å². The number of anilines is 1. The van der Waals surface area contributed by atoms with Gasteiger partial charge in [0.25, 0.3) is 11.6 Å². The van der Waals surface area contributed by atoms with Crippen LogP contribution in [-0.2, 0) is 0 Å². The zero-order valence-corrected chi connectivity index (χ0v) is 22.0. The lowest BCUT2D eigenvalue weighted by Gasteiger charge is -2.36. The van der Waals surface area contributed by atoms with Crippen molar-refractivity contribution in [2.75, 3.05) is 45.3 Å². The van der Waals surface area contributed by atoms with Gasteiger partial charge in [-0.2, -0.15) is 5.10 Å². The third-order valence-corrected chi connectivity index (χ3v) is 6.88. The third-order valence-electron chi connectivity index (χ3n) is 6.88. The van der Waals surface area contributed by atoms with Crippen molar-refractivity contribution in [3.63, 3.8) is 0 Å². The summed E-state index contributed by atoms with van der Waals surface area (Å²) >= 11 is 0. The Hall–Kier alpha value is -4.86. The second-order valence-corrected chi connectivity index (χ2v) is 9.28. The molecule has 39 heavy (non-hydrogen) atoms. The molecule has 3 aromatic carbocycles. The second kappa shape index (κ2) is 10.9. The number of aryl methyl sites for hydroxylation is 1. The minimum Gasteiger partial charge on any atom is -0.497 e. The monoisotopic (exact) mass is 527 g/mol. The molecule has 2 heterocycles. The molecule has 4 aromatic rings. The normalized spacial score (nSPS) is 13.3. The number of benzene rings is 3. The number of methoxy groups -OCH3 is 2. The summed E-state index contributed by atoms with van der Waals surface area (Å²) in [6.45, 7) is 4.26. The molecule has 0 atom stereocenters. The molecule has 0 aliphatic carbocycles. The minimum absolute atomic E-state index is 0.0567. The number of nitro groups is 1. The summed E-state index contributed by atoms with van der Waals surface area (Å²) in [5, 5.41) is 15.8. The number of nitrogens with zero attached hydrogens (tertiary/aromatic N) is 5. The van der Waals surface area contributed by atoms with Crippen molar-refractivity contribution in [3.8, 4) is 28.4 Å². The number of hydrogen-bond donors (Lipinski definition) is 0. The molecule has 0 unspecified atom stereocenters. The van der Waals surface area contributed by atoms with E-state index in [1.807, 2.05) is 48.2 Å². The number of piperazine rings is 1. The largest absolute Gasteiger partial charge is 0.497 e. The number of nitro benzene ring substituents is 1. The van der Waals surface area contributed by atoms with Crippen LogP contribution >= 0.6 is 0 Å². The molecule has 1 aliphatic rings. The van der Waals surface area contributed by atoms with E-state index >= 15 is 0 Å². The maximum Gasteiger partial charge on any atom is 0.272 e. The summed E-state index contributed by atoms with van der Waals surface area (Å²) in [7, 11) is 3.18. The van der Waals surface area contributed by atoms with Gasteiger partial charge in [-0.05, 0) is 49.4 Å². The third kappa shape index (κ3) is 5.26. The van der Waals surface area contributed by atoms with Crippen LogP contribution < -0.4 is 14.4 Å². The lowest BCUT2D eigenvalue weighted by molar-refractivity contribution is -0.384. The van der Waals surface area contributed by atoms with Crippen LogP contribution in [0.1, 0.15) is 16.1 Å². The van der Waals surface area contributed by atoms with Gasteiger partial charge >= 0.3 is 0 Å². The minimum atomic E-state index is -0.409. The number of carbonyl (C=O) groups excluding carboxylic acids is 1. The summed E-state index contributed by atoms with van der Waals surface area (Å²) in [4.78, 5) is 28.3. The van der Waals surface area contributed by atoms with Crippen LogP contribution in [0, 0.1) is 17.0 Å². The van der Waals surface area contributed by atoms with E-state index in [1.54, 1.807) is 43.2 Å². The molecular weight excluding hydrogens is 498 g/mol. The first-order chi connectivity index (χ1) is 18.9. The average Bonchev–Trinajstić information content (AvgIpc) is 3.42. The summed E-state index contributed by atoms with van der Waals surface area (Å²) < 4.78 is 12.6. The summed E-state index contributed by atoms with van der Waals surface area (Å²) in [6.07, 6.45) is 0. The Balaban J connectivity index is 1.43. The van der Waals surface area contributed by atoms with E-state index < -0.39 is 4.92 Å². The molecule has 0 radical (unpaired) electrons. The summed E-state index contributed by atoms with van der Waals surface area (Å²) in [6, 6.07) is 21.7. The number of rotatable bonds is 7. The van der Waals surface area contributed by atoms with Crippen LogP contribution in [0.3, 0.4) is 0 Å². The molecule has 0 bridgehead atoms. The maximum atomic E-state index is 13.8. The second-order valence-electron chi connectivity index (χ2n) is 9.28. The van der Waals surface area contributed by atoms with Crippen molar-refractivity contribution in [2.45, 2.75) is 6.92 Å². The molecule has 1 fully saturated rings. The van der Waals surface area contributed by atoms with E-state index in [4.69, 9.17) is 14.6 Å². The van der Waals surface area contributed by atoms with Crippen molar-refractivity contribution in [3.05, 3.63) is 94.2 Å². The van der Waals surface area contributed by atoms with Crippen LogP contribution in [-0.4, -0.2) is 65.9 Å². The van der Waals surface area contributed by atoms with Crippen molar-refractivity contribution in [2.24, 2.45) is 0 Å². The highest BCUT2D eigenvalue weighted by molar-refractivity contribution is 5.95. The summed E-state index contributed by atoms with van der Waals surface area (Å²) in [5.74, 6) is 1.14. The SMILES string of the molecule is COc1ccc(-c2cc(C(=O)N3CCN(c4ccc([N+](=O)[O-])cc4)CC3)n(-c3ccc(C)cc3)n2)c(OC)c1. The number of ether oxygens (including phenoxy) is 2. The molecule has 5 rings (SSSR count). The Morgan fingerprint density at radius 1 is 0.872 bits per heavy atom. The molecule has 1 aliphatic heterocycles. The first-order valence-electron chi connectivity index (χ1n) is 12.6. The van der Waals surface area contributed by atoms with E-state index in [-0.39, 0.29) is 11.6 Å². The zero-order chi connectivity index (χ0) is 27.5. The van der Waals surface area contributed by atoms with Gasteiger partial charge in [0.15, 0.2) is 0 Å². The van der Waals surface area contributed by atoms with Crippen molar-refractivity contribution in [1.82, 2.24) is 14.7 Å². The lowest BCUT2D eigenvalue weighted by Crippen LogP contribution is -2.49. The Kier molecular flexibility index (Phi) is 7.18. The van der Waals surface area contributed by atoms with Crippen LogP contribution in [0.15, 0.2) is 72.8 Å². The van der Waals surface area contributed by atoms with Gasteiger partial charge in [0, 0.05) is 55.6 Å². The van der Waals surface area contributed by atoms with Crippen LogP contribution in [0.25, 0.3) is 16.9 Å². The molecule has 0 N–H and O–H groups in total. The van der Waals surface area contributed by atoms with Crippen LogP contribution in [0.5, 0.6) is 11.5 Å². The fourth-order valence-electron chi connectivity index (χ4n) is 4.67. The van der Waals surface area contributed by atoms with Crippen molar-refractivity contribution < 1.29 is 19.2 Å². The Bertz CT molecular complexity index is 1490. The number of carbonyl (C=O) groups is 1. The molecular formula is C29H29N5O5. The van der Waals surface area contributed by atoms with Gasteiger partial charge in [0.2, 0.25) is 0 Å². The highest BCUT2D eigenvalue weighted by atomic mass is 16.6. The Labute approximate surface area is 226 Å². The number of aromatic nitrogens is 2. The number of hydrogen-bond acceptors (Lipinski definition) is 7. The number of amides is 1. The first-order valence-corrected chi connectivity index (χ1v) is 12.6. The van der Waals surface area contributed by atoms with E-state index in [0.29, 0.717) is 49.1 Å². The van der Waals surface area contributed by atoms with Crippen LogP contribution in [0.2, 0.25) is 0 Å². The average molecular weight is 528 g/mol. The van der Waals surface area contributed by atoms with Gasteiger partial charge in [0.1, 0.15) is 17.2 Å². The zero-order valence-electron chi connectivity index (χ0n) is 22.0. The van der Waals surface area contributed by atoms with Gasteiger partial charge in [0.05, 0.1) is 30.5 Å². The predicted octanol–water partition coefficient (Wildman–Crippen LogP) is 4.74. The Morgan fingerprint density at radius 2 is 1.54 bits per heavy atom. The van der Waals surface area contributed by atoms with E-state index in [1.165, 1.54) is 12.1 Å². The van der Waals surface area contributed by atoms with E-state index in [2.05, 4.69) is 4.90 Å². The van der Waals surface area contributed by atoms with Gasteiger partial charge in [-0.15, -0.1) is 0 Å². The van der Waals surface area contributed by atoms with Gasteiger partial charge < -0.3 is 19.3 Å². The molecule has 0 saturated carbocycles. The molecule has 10 heteroatoms. The summed E-state index contributed by atoms with van der Waals surface area (Å²) in [5.41, 5.74) is 4.66. The predicted molar refractivity (Wildman–Crippen MR) is 148 cm³/mol. The molecule has 0 spiro atoms. The quantitative estimate of drug-likeness (QED) is 0.253. The molecule has 200 valence electrons. The Morgan fingerprint density at radius 3 is 2.15 bits per heavy atom. The fraction of sp³-hybridized carbons (Fsp3) is 0.241. The van der Waals surface area contributed by atoms with Gasteiger partial charge in [-0.25, -0.2) is 4.68 Å². The van der Waals surface area contributed by atoms with Crippen LogP contribution in [0.4, 0.5) is 11.4 Å². The van der Waals surface area contributed by atoms with Gasteiger partial charge in [-0.1, -0.05) is 17.7 Å². The fourth-order valence-corrected chi connectivity index (χ4v) is 4.67. The lowest BCUT2D eigenvalue weighted by atomic mass is 10.1. The molecule has 1 aromatic heterocycles.